The van der Waals surface area contributed by atoms with Crippen molar-refractivity contribution in [3.63, 3.8) is 0 Å². The van der Waals surface area contributed by atoms with E-state index >= 15 is 0 Å². The first-order valence-electron chi connectivity index (χ1n) is 4.56. The average Bonchev–Trinajstić information content (AvgIpc) is 2.75. The highest BCUT2D eigenvalue weighted by molar-refractivity contribution is 7.11. The number of halogens is 1. The number of hydrogen-bond acceptors (Lipinski definition) is 3. The van der Waals surface area contributed by atoms with Crippen LogP contribution in [0.3, 0.4) is 0 Å². The van der Waals surface area contributed by atoms with Gasteiger partial charge in [0, 0.05) is 4.88 Å². The van der Waals surface area contributed by atoms with Crippen molar-refractivity contribution in [2.24, 2.45) is 0 Å². The molecule has 0 amide bonds. The molecule has 1 unspecified atom stereocenters. The van der Waals surface area contributed by atoms with Crippen molar-refractivity contribution in [2.75, 3.05) is 0 Å². The monoisotopic (exact) mass is 258 g/mol. The summed E-state index contributed by atoms with van der Waals surface area (Å²) in [6, 6.07) is 1.95. The highest BCUT2D eigenvalue weighted by Crippen LogP contribution is 2.37. The third-order valence-corrected chi connectivity index (χ3v) is 4.99. The summed E-state index contributed by atoms with van der Waals surface area (Å²) in [6.45, 7) is 3.97. The molecule has 0 fully saturated rings. The summed E-state index contributed by atoms with van der Waals surface area (Å²) in [4.78, 5) is 1.99. The summed E-state index contributed by atoms with van der Waals surface area (Å²) >= 11 is 9.28. The Kier molecular flexibility index (Phi) is 3.16. The van der Waals surface area contributed by atoms with Gasteiger partial charge in [-0.25, -0.2) is 0 Å². The van der Waals surface area contributed by atoms with Gasteiger partial charge in [-0.05, 0) is 41.8 Å². The lowest BCUT2D eigenvalue weighted by atomic mass is 10.1. The largest absolute Gasteiger partial charge is 0.383 e. The van der Waals surface area contributed by atoms with Gasteiger partial charge in [-0.1, -0.05) is 11.6 Å². The van der Waals surface area contributed by atoms with Crippen LogP contribution < -0.4 is 0 Å². The smallest absolute Gasteiger partial charge is 0.116 e. The Morgan fingerprint density at radius 1 is 1.33 bits per heavy atom. The number of aliphatic hydroxyl groups excluding tert-OH is 1. The molecule has 2 heterocycles. The Labute approximate surface area is 102 Å². The minimum Gasteiger partial charge on any atom is -0.383 e. The van der Waals surface area contributed by atoms with Gasteiger partial charge < -0.3 is 5.11 Å². The van der Waals surface area contributed by atoms with E-state index in [9.17, 15) is 5.11 Å². The number of aliphatic hydroxyl groups is 1. The fourth-order valence-corrected chi connectivity index (χ4v) is 3.49. The molecule has 2 aromatic heterocycles. The maximum absolute atomic E-state index is 10.2. The number of thiophene rings is 2. The minimum atomic E-state index is -0.581. The van der Waals surface area contributed by atoms with E-state index in [1.165, 1.54) is 11.3 Å². The fourth-order valence-electron chi connectivity index (χ4n) is 1.45. The molecule has 0 aliphatic heterocycles. The van der Waals surface area contributed by atoms with Crippen LogP contribution in [0.5, 0.6) is 0 Å². The molecule has 0 radical (unpaired) electrons. The zero-order valence-corrected chi connectivity index (χ0v) is 10.8. The van der Waals surface area contributed by atoms with Crippen molar-refractivity contribution in [3.8, 4) is 0 Å². The van der Waals surface area contributed by atoms with Gasteiger partial charge in [0.2, 0.25) is 0 Å². The van der Waals surface area contributed by atoms with Crippen molar-refractivity contribution < 1.29 is 5.11 Å². The van der Waals surface area contributed by atoms with Gasteiger partial charge in [0.15, 0.2) is 0 Å². The summed E-state index contributed by atoms with van der Waals surface area (Å²) in [5.74, 6) is 0. The van der Waals surface area contributed by atoms with Gasteiger partial charge >= 0.3 is 0 Å². The van der Waals surface area contributed by atoms with Crippen molar-refractivity contribution >= 4 is 34.3 Å². The number of aryl methyl sites for hydroxylation is 2. The molecule has 1 atom stereocenters. The van der Waals surface area contributed by atoms with E-state index in [1.807, 2.05) is 30.7 Å². The molecule has 0 saturated heterocycles. The average molecular weight is 259 g/mol. The first-order valence-corrected chi connectivity index (χ1v) is 6.70. The molecule has 1 N–H and O–H groups in total. The van der Waals surface area contributed by atoms with E-state index in [0.29, 0.717) is 5.02 Å². The molecule has 0 aliphatic carbocycles. The zero-order valence-electron chi connectivity index (χ0n) is 8.45. The SMILES string of the molecule is Cc1csc(C(O)c2ccsc2C)c1Cl. The topological polar surface area (TPSA) is 20.2 Å². The zero-order chi connectivity index (χ0) is 11.0. The summed E-state index contributed by atoms with van der Waals surface area (Å²) in [5, 5.41) is 14.8. The Morgan fingerprint density at radius 3 is 2.53 bits per heavy atom. The fraction of sp³-hybridized carbons (Fsp3) is 0.273. The van der Waals surface area contributed by atoms with Gasteiger partial charge in [0.25, 0.3) is 0 Å². The lowest BCUT2D eigenvalue weighted by Crippen LogP contribution is -1.97. The van der Waals surface area contributed by atoms with Crippen LogP contribution in [-0.2, 0) is 0 Å². The maximum Gasteiger partial charge on any atom is 0.116 e. The molecule has 15 heavy (non-hydrogen) atoms. The van der Waals surface area contributed by atoms with Gasteiger partial charge in [0.1, 0.15) is 6.10 Å². The Hall–Kier alpha value is -0.350. The van der Waals surface area contributed by atoms with E-state index < -0.39 is 6.10 Å². The molecule has 1 nitrogen and oxygen atoms in total. The molecule has 0 aliphatic rings. The van der Waals surface area contributed by atoms with E-state index in [1.54, 1.807) is 11.3 Å². The molecule has 0 bridgehead atoms. The van der Waals surface area contributed by atoms with Crippen molar-refractivity contribution in [1.82, 2.24) is 0 Å². The van der Waals surface area contributed by atoms with Crippen LogP contribution >= 0.6 is 34.3 Å². The number of hydrogen-bond donors (Lipinski definition) is 1. The second-order valence-electron chi connectivity index (χ2n) is 3.43. The first kappa shape index (κ1) is 11.1. The highest BCUT2D eigenvalue weighted by atomic mass is 35.5. The predicted octanol–water partition coefficient (Wildman–Crippen LogP) is 4.16. The third kappa shape index (κ3) is 1.97. The Morgan fingerprint density at radius 2 is 2.07 bits per heavy atom. The molecule has 2 aromatic rings. The summed E-state index contributed by atoms with van der Waals surface area (Å²) in [6.07, 6.45) is -0.581. The van der Waals surface area contributed by atoms with Crippen LogP contribution in [-0.4, -0.2) is 5.11 Å². The molecular weight excluding hydrogens is 248 g/mol. The van der Waals surface area contributed by atoms with Crippen molar-refractivity contribution in [2.45, 2.75) is 20.0 Å². The molecule has 4 heteroatoms. The Bertz CT molecular complexity index is 473. The first-order chi connectivity index (χ1) is 7.11. The molecule has 2 rings (SSSR count). The molecule has 0 aromatic carbocycles. The van der Waals surface area contributed by atoms with E-state index in [0.717, 1.165) is 20.9 Å². The second kappa shape index (κ2) is 4.26. The molecule has 80 valence electrons. The van der Waals surface area contributed by atoms with Crippen LogP contribution in [0.2, 0.25) is 5.02 Å². The lowest BCUT2D eigenvalue weighted by Gasteiger charge is -2.09. The molecular formula is C11H11ClOS2. The van der Waals surface area contributed by atoms with Crippen LogP contribution in [0.15, 0.2) is 16.8 Å². The summed E-state index contributed by atoms with van der Waals surface area (Å²) < 4.78 is 0. The standard InChI is InChI=1S/C11H11ClOS2/c1-6-5-15-11(9(6)12)10(13)8-3-4-14-7(8)2/h3-5,10,13H,1-2H3. The Balaban J connectivity index is 2.41. The third-order valence-electron chi connectivity index (χ3n) is 2.37. The lowest BCUT2D eigenvalue weighted by molar-refractivity contribution is 0.224. The summed E-state index contributed by atoms with van der Waals surface area (Å²) in [7, 11) is 0. The van der Waals surface area contributed by atoms with E-state index in [-0.39, 0.29) is 0 Å². The van der Waals surface area contributed by atoms with Gasteiger partial charge in [-0.3, -0.25) is 0 Å². The van der Waals surface area contributed by atoms with E-state index in [4.69, 9.17) is 11.6 Å². The van der Waals surface area contributed by atoms with Crippen LogP contribution in [0.4, 0.5) is 0 Å². The normalized spacial score (nSPS) is 13.1. The second-order valence-corrected chi connectivity index (χ2v) is 5.84. The van der Waals surface area contributed by atoms with Crippen LogP contribution in [0, 0.1) is 13.8 Å². The number of rotatable bonds is 2. The van der Waals surface area contributed by atoms with Crippen LogP contribution in [0.1, 0.15) is 27.0 Å². The quantitative estimate of drug-likeness (QED) is 0.858. The van der Waals surface area contributed by atoms with E-state index in [2.05, 4.69) is 0 Å². The maximum atomic E-state index is 10.2. The predicted molar refractivity (Wildman–Crippen MR) is 67.2 cm³/mol. The molecule has 0 saturated carbocycles. The van der Waals surface area contributed by atoms with Gasteiger partial charge in [0.05, 0.1) is 9.90 Å². The van der Waals surface area contributed by atoms with Crippen molar-refractivity contribution in [1.29, 1.82) is 0 Å². The summed E-state index contributed by atoms with van der Waals surface area (Å²) in [5.41, 5.74) is 1.99. The van der Waals surface area contributed by atoms with Crippen LogP contribution in [0.25, 0.3) is 0 Å². The van der Waals surface area contributed by atoms with Gasteiger partial charge in [-0.2, -0.15) is 0 Å². The van der Waals surface area contributed by atoms with Gasteiger partial charge in [-0.15, -0.1) is 22.7 Å². The van der Waals surface area contributed by atoms with Crippen molar-refractivity contribution in [3.05, 3.63) is 42.7 Å². The molecule has 0 spiro atoms. The minimum absolute atomic E-state index is 0.581. The highest BCUT2D eigenvalue weighted by Gasteiger charge is 2.19.